The SMILES string of the molecule is Fc1cccc(CNC2CCOc3ccccc32)c1. The molecular weight excluding hydrogens is 241 g/mol. The van der Waals surface area contributed by atoms with Gasteiger partial charge in [-0.05, 0) is 23.8 Å². The molecular formula is C16H16FNO. The fourth-order valence-corrected chi connectivity index (χ4v) is 2.44. The van der Waals surface area contributed by atoms with Crippen LogP contribution in [0.3, 0.4) is 0 Å². The highest BCUT2D eigenvalue weighted by Crippen LogP contribution is 2.31. The molecule has 3 heteroatoms. The van der Waals surface area contributed by atoms with E-state index in [9.17, 15) is 4.39 Å². The molecule has 0 aromatic heterocycles. The second-order valence-corrected chi connectivity index (χ2v) is 4.74. The van der Waals surface area contributed by atoms with Crippen LogP contribution in [-0.2, 0) is 6.54 Å². The van der Waals surface area contributed by atoms with Gasteiger partial charge in [0.05, 0.1) is 6.61 Å². The van der Waals surface area contributed by atoms with Crippen LogP contribution >= 0.6 is 0 Å². The van der Waals surface area contributed by atoms with Crippen LogP contribution in [0.15, 0.2) is 48.5 Å². The van der Waals surface area contributed by atoms with E-state index in [0.29, 0.717) is 6.54 Å². The van der Waals surface area contributed by atoms with Crippen molar-refractivity contribution in [3.8, 4) is 5.75 Å². The minimum atomic E-state index is -0.188. The lowest BCUT2D eigenvalue weighted by Crippen LogP contribution is -2.26. The maximum absolute atomic E-state index is 13.1. The van der Waals surface area contributed by atoms with E-state index in [1.807, 2.05) is 24.3 Å². The van der Waals surface area contributed by atoms with Crippen LogP contribution < -0.4 is 10.1 Å². The van der Waals surface area contributed by atoms with Crippen molar-refractivity contribution >= 4 is 0 Å². The monoisotopic (exact) mass is 257 g/mol. The van der Waals surface area contributed by atoms with Gasteiger partial charge in [0.1, 0.15) is 11.6 Å². The summed E-state index contributed by atoms with van der Waals surface area (Å²) in [6, 6.07) is 15.0. The third-order valence-corrected chi connectivity index (χ3v) is 3.40. The molecule has 3 rings (SSSR count). The van der Waals surface area contributed by atoms with E-state index in [1.54, 1.807) is 12.1 Å². The lowest BCUT2D eigenvalue weighted by molar-refractivity contribution is 0.252. The van der Waals surface area contributed by atoms with Crippen molar-refractivity contribution in [1.82, 2.24) is 5.32 Å². The molecule has 0 fully saturated rings. The summed E-state index contributed by atoms with van der Waals surface area (Å²) in [5, 5.41) is 3.47. The summed E-state index contributed by atoms with van der Waals surface area (Å²) < 4.78 is 18.7. The summed E-state index contributed by atoms with van der Waals surface area (Å²) in [6.45, 7) is 1.38. The molecule has 0 aliphatic carbocycles. The van der Waals surface area contributed by atoms with Crippen LogP contribution in [0.2, 0.25) is 0 Å². The number of fused-ring (bicyclic) bond motifs is 1. The zero-order valence-electron chi connectivity index (χ0n) is 10.6. The molecule has 0 radical (unpaired) electrons. The highest BCUT2D eigenvalue weighted by molar-refractivity contribution is 5.37. The molecule has 1 atom stereocenters. The Kier molecular flexibility index (Phi) is 3.47. The number of hydrogen-bond acceptors (Lipinski definition) is 2. The Balaban J connectivity index is 1.71. The predicted molar refractivity (Wildman–Crippen MR) is 72.5 cm³/mol. The molecule has 0 amide bonds. The van der Waals surface area contributed by atoms with Crippen molar-refractivity contribution in [2.75, 3.05) is 6.61 Å². The molecule has 0 bridgehead atoms. The predicted octanol–water partition coefficient (Wildman–Crippen LogP) is 3.44. The Bertz CT molecular complexity index is 570. The first kappa shape index (κ1) is 12.2. The summed E-state index contributed by atoms with van der Waals surface area (Å²) >= 11 is 0. The average molecular weight is 257 g/mol. The first-order valence-electron chi connectivity index (χ1n) is 6.52. The Morgan fingerprint density at radius 3 is 2.95 bits per heavy atom. The number of halogens is 1. The molecule has 98 valence electrons. The van der Waals surface area contributed by atoms with Gasteiger partial charge < -0.3 is 10.1 Å². The largest absolute Gasteiger partial charge is 0.493 e. The molecule has 1 heterocycles. The normalized spacial score (nSPS) is 17.6. The summed E-state index contributed by atoms with van der Waals surface area (Å²) in [4.78, 5) is 0. The van der Waals surface area contributed by atoms with Gasteiger partial charge in [-0.2, -0.15) is 0 Å². The summed E-state index contributed by atoms with van der Waals surface area (Å²) in [7, 11) is 0. The Morgan fingerprint density at radius 2 is 2.05 bits per heavy atom. The van der Waals surface area contributed by atoms with E-state index in [1.165, 1.54) is 11.6 Å². The van der Waals surface area contributed by atoms with Crippen molar-refractivity contribution in [2.24, 2.45) is 0 Å². The van der Waals surface area contributed by atoms with E-state index < -0.39 is 0 Å². The molecule has 2 nitrogen and oxygen atoms in total. The van der Waals surface area contributed by atoms with Crippen LogP contribution in [0.1, 0.15) is 23.6 Å². The molecule has 19 heavy (non-hydrogen) atoms. The maximum Gasteiger partial charge on any atom is 0.124 e. The van der Waals surface area contributed by atoms with E-state index in [-0.39, 0.29) is 11.9 Å². The fraction of sp³-hybridized carbons (Fsp3) is 0.250. The molecule has 2 aromatic carbocycles. The Labute approximate surface area is 112 Å². The number of hydrogen-bond donors (Lipinski definition) is 1. The number of para-hydroxylation sites is 1. The van der Waals surface area contributed by atoms with E-state index in [4.69, 9.17) is 4.74 Å². The molecule has 2 aromatic rings. The molecule has 1 aliphatic rings. The zero-order valence-corrected chi connectivity index (χ0v) is 10.6. The quantitative estimate of drug-likeness (QED) is 0.909. The standard InChI is InChI=1S/C16H16FNO/c17-13-5-3-4-12(10-13)11-18-15-8-9-19-16-7-2-1-6-14(15)16/h1-7,10,15,18H,8-9,11H2. The Hall–Kier alpha value is -1.87. The van der Waals surface area contributed by atoms with Crippen LogP contribution in [0, 0.1) is 5.82 Å². The fourth-order valence-electron chi connectivity index (χ4n) is 2.44. The van der Waals surface area contributed by atoms with E-state index >= 15 is 0 Å². The number of ether oxygens (including phenoxy) is 1. The van der Waals surface area contributed by atoms with Gasteiger partial charge in [0, 0.05) is 24.6 Å². The second-order valence-electron chi connectivity index (χ2n) is 4.74. The topological polar surface area (TPSA) is 21.3 Å². The smallest absolute Gasteiger partial charge is 0.124 e. The lowest BCUT2D eigenvalue weighted by atomic mass is 10.0. The number of nitrogens with one attached hydrogen (secondary N) is 1. The summed E-state index contributed by atoms with van der Waals surface area (Å²) in [6.07, 6.45) is 0.937. The highest BCUT2D eigenvalue weighted by Gasteiger charge is 2.20. The van der Waals surface area contributed by atoms with E-state index in [0.717, 1.165) is 24.3 Å². The average Bonchev–Trinajstić information content (AvgIpc) is 2.45. The van der Waals surface area contributed by atoms with Crippen molar-refractivity contribution in [3.05, 3.63) is 65.5 Å². The zero-order chi connectivity index (χ0) is 13.1. The number of benzene rings is 2. The third-order valence-electron chi connectivity index (χ3n) is 3.40. The van der Waals surface area contributed by atoms with Gasteiger partial charge in [-0.15, -0.1) is 0 Å². The molecule has 0 saturated carbocycles. The first-order chi connectivity index (χ1) is 9.33. The van der Waals surface area contributed by atoms with E-state index in [2.05, 4.69) is 11.4 Å². The van der Waals surface area contributed by atoms with Crippen molar-refractivity contribution in [3.63, 3.8) is 0 Å². The number of rotatable bonds is 3. The van der Waals surface area contributed by atoms with Gasteiger partial charge in [-0.3, -0.25) is 0 Å². The summed E-state index contributed by atoms with van der Waals surface area (Å²) in [5.74, 6) is 0.761. The van der Waals surface area contributed by atoms with Gasteiger partial charge in [0.2, 0.25) is 0 Å². The minimum Gasteiger partial charge on any atom is -0.493 e. The third kappa shape index (κ3) is 2.76. The minimum absolute atomic E-state index is 0.188. The molecule has 0 spiro atoms. The Morgan fingerprint density at radius 1 is 1.16 bits per heavy atom. The summed E-state index contributed by atoms with van der Waals surface area (Å²) in [5.41, 5.74) is 2.15. The molecule has 1 unspecified atom stereocenters. The van der Waals surface area contributed by atoms with Crippen LogP contribution in [0.5, 0.6) is 5.75 Å². The van der Waals surface area contributed by atoms with Crippen LogP contribution in [0.25, 0.3) is 0 Å². The second kappa shape index (κ2) is 5.41. The van der Waals surface area contributed by atoms with Crippen LogP contribution in [-0.4, -0.2) is 6.61 Å². The van der Waals surface area contributed by atoms with Crippen molar-refractivity contribution in [2.45, 2.75) is 19.0 Å². The first-order valence-corrected chi connectivity index (χ1v) is 6.52. The van der Waals surface area contributed by atoms with Gasteiger partial charge in [0.15, 0.2) is 0 Å². The van der Waals surface area contributed by atoms with Crippen molar-refractivity contribution in [1.29, 1.82) is 0 Å². The van der Waals surface area contributed by atoms with Gasteiger partial charge in [-0.25, -0.2) is 4.39 Å². The van der Waals surface area contributed by atoms with Gasteiger partial charge in [-0.1, -0.05) is 30.3 Å². The lowest BCUT2D eigenvalue weighted by Gasteiger charge is -2.26. The van der Waals surface area contributed by atoms with Gasteiger partial charge in [0.25, 0.3) is 0 Å². The molecule has 0 saturated heterocycles. The highest BCUT2D eigenvalue weighted by atomic mass is 19.1. The van der Waals surface area contributed by atoms with Crippen molar-refractivity contribution < 1.29 is 9.13 Å². The van der Waals surface area contributed by atoms with Gasteiger partial charge >= 0.3 is 0 Å². The maximum atomic E-state index is 13.1. The van der Waals surface area contributed by atoms with Crippen LogP contribution in [0.4, 0.5) is 4.39 Å². The molecule has 1 N–H and O–H groups in total. The molecule has 1 aliphatic heterocycles.